The molecule has 57 heavy (non-hydrogen) atoms. The normalized spacial score (nSPS) is 43.6. The first-order chi connectivity index (χ1) is 26.9. The van der Waals surface area contributed by atoms with Crippen molar-refractivity contribution >= 4 is 11.9 Å². The van der Waals surface area contributed by atoms with Gasteiger partial charge in [0, 0.05) is 38.6 Å². The molecule has 21 atom stereocenters. The van der Waals surface area contributed by atoms with Gasteiger partial charge in [-0.3, -0.25) is 9.79 Å². The number of aliphatic hydroxyl groups is 10. The maximum atomic E-state index is 13.0. The van der Waals surface area contributed by atoms with E-state index < -0.39 is 148 Å². The third-order valence-corrected chi connectivity index (χ3v) is 10.4. The summed E-state index contributed by atoms with van der Waals surface area (Å²) in [6.07, 6.45) is -25.6. The van der Waals surface area contributed by atoms with Crippen LogP contribution in [0.5, 0.6) is 0 Å². The van der Waals surface area contributed by atoms with Gasteiger partial charge in [0.15, 0.2) is 24.8 Å². The first-order valence-corrected chi connectivity index (χ1v) is 18.6. The van der Waals surface area contributed by atoms with Crippen molar-refractivity contribution in [2.45, 2.75) is 141 Å². The third kappa shape index (κ3) is 11.6. The summed E-state index contributed by atoms with van der Waals surface area (Å²) >= 11 is 0. The van der Waals surface area contributed by atoms with E-state index in [0.717, 1.165) is 0 Å². The highest BCUT2D eigenvalue weighted by molar-refractivity contribution is 5.81. The predicted octanol–water partition coefficient (Wildman–Crippen LogP) is -11.7. The van der Waals surface area contributed by atoms with Crippen molar-refractivity contribution in [3.8, 4) is 0 Å². The standard InChI is InChI=1S/C31H61N9O17/c32-4-13-19(46)21(48)16(34)28(52-13)56-25-15(8-42)54-30(23(25)50)57-26-18(45)11(40-27(51)12(44)1-2-39-31(36)37)3-10(33)24(26)55-29-17(35)22(49)20(47)14(53-29)6-38-5-9(43)7-41/h9-26,28-30,38,41-50H,1-8,32-35H2,(H,40,51)(H4,36,37,39)/t9?,10-,11+,12-,13-,14+,15+,16+,17+,18-,19+,20+,21+,22+,23+,24+,25+,26+,28+,29+,30-/m0/s1. The summed E-state index contributed by atoms with van der Waals surface area (Å²) in [5, 5.41) is 110. The van der Waals surface area contributed by atoms with E-state index in [1.807, 2.05) is 0 Å². The number of hydrogen-bond acceptors (Lipinski definition) is 23. The number of aliphatic hydroxyl groups excluding tert-OH is 10. The molecule has 26 heteroatoms. The molecule has 1 aliphatic carbocycles. The molecule has 3 aliphatic heterocycles. The van der Waals surface area contributed by atoms with Crippen LogP contribution >= 0.6 is 0 Å². The van der Waals surface area contributed by atoms with Gasteiger partial charge < -0.3 is 125 Å². The lowest BCUT2D eigenvalue weighted by Crippen LogP contribution is -2.69. The van der Waals surface area contributed by atoms with Crippen LogP contribution < -0.4 is 45.0 Å². The van der Waals surface area contributed by atoms with Gasteiger partial charge in [0.2, 0.25) is 5.91 Å². The Hall–Kier alpha value is -2.10. The molecule has 0 radical (unpaired) electrons. The summed E-state index contributed by atoms with van der Waals surface area (Å²) in [6.45, 7) is -1.87. The molecule has 26 nitrogen and oxygen atoms in total. The molecule has 332 valence electrons. The van der Waals surface area contributed by atoms with E-state index in [4.69, 9.17) is 67.9 Å². The van der Waals surface area contributed by atoms with Crippen LogP contribution in [-0.4, -0.2) is 231 Å². The van der Waals surface area contributed by atoms with Crippen molar-refractivity contribution in [1.82, 2.24) is 10.6 Å². The topological polar surface area (TPSA) is 467 Å². The van der Waals surface area contributed by atoms with Crippen molar-refractivity contribution in [2.24, 2.45) is 39.4 Å². The fraction of sp³-hybridized carbons (Fsp3) is 0.935. The molecule has 1 amide bonds. The quantitative estimate of drug-likeness (QED) is 0.0450. The Morgan fingerprint density at radius 1 is 0.754 bits per heavy atom. The Labute approximate surface area is 326 Å². The van der Waals surface area contributed by atoms with Gasteiger partial charge in [0.25, 0.3) is 0 Å². The summed E-state index contributed by atoms with van der Waals surface area (Å²) in [4.78, 5) is 16.7. The maximum absolute atomic E-state index is 13.0. The molecule has 0 aromatic rings. The van der Waals surface area contributed by atoms with Crippen LogP contribution in [0.1, 0.15) is 12.8 Å². The number of aliphatic imine (C=N–C) groups is 1. The number of amides is 1. The van der Waals surface area contributed by atoms with Crippen molar-refractivity contribution in [1.29, 1.82) is 0 Å². The number of nitrogens with zero attached hydrogens (tertiary/aromatic N) is 1. The van der Waals surface area contributed by atoms with Gasteiger partial charge in [-0.1, -0.05) is 0 Å². The molecule has 4 aliphatic rings. The highest BCUT2D eigenvalue weighted by Gasteiger charge is 2.55. The molecule has 0 spiro atoms. The van der Waals surface area contributed by atoms with E-state index >= 15 is 0 Å². The van der Waals surface area contributed by atoms with E-state index in [0.29, 0.717) is 0 Å². The van der Waals surface area contributed by atoms with Crippen molar-refractivity contribution in [3.05, 3.63) is 0 Å². The zero-order valence-corrected chi connectivity index (χ0v) is 31.0. The highest BCUT2D eigenvalue weighted by Crippen LogP contribution is 2.35. The second-order valence-corrected chi connectivity index (χ2v) is 14.6. The van der Waals surface area contributed by atoms with Gasteiger partial charge in [-0.15, -0.1) is 0 Å². The lowest BCUT2D eigenvalue weighted by Gasteiger charge is -2.48. The molecule has 4 fully saturated rings. The Morgan fingerprint density at radius 2 is 1.32 bits per heavy atom. The van der Waals surface area contributed by atoms with Gasteiger partial charge in [0.05, 0.1) is 37.4 Å². The molecule has 0 bridgehead atoms. The van der Waals surface area contributed by atoms with Crippen LogP contribution in [-0.2, 0) is 33.2 Å². The summed E-state index contributed by atoms with van der Waals surface area (Å²) in [6, 6.07) is -5.12. The SMILES string of the molecule is NC[C@@H]1O[C@H](O[C@H]2[C@@H](O)[C@H](O[C@@H]3[C@@H](O)[C@H](NC(=O)[C@@H](O)CCN=C(N)N)C[C@H](N)[C@H]3O[C@H]3O[C@H](CNCC(O)CO)[C@@H](O)[C@H](O)[C@H]3N)O[C@@H]2CO)[C@H](N)[C@@H](O)[C@@H]1O. The average Bonchev–Trinajstić information content (AvgIpc) is 3.47. The molecule has 24 N–H and O–H groups in total. The predicted molar refractivity (Wildman–Crippen MR) is 191 cm³/mol. The second kappa shape index (κ2) is 21.4. The van der Waals surface area contributed by atoms with Crippen LogP contribution in [0, 0.1) is 0 Å². The van der Waals surface area contributed by atoms with Crippen molar-refractivity contribution in [3.63, 3.8) is 0 Å². The summed E-state index contributed by atoms with van der Waals surface area (Å²) < 4.78 is 35.4. The molecular weight excluding hydrogens is 770 g/mol. The largest absolute Gasteiger partial charge is 0.394 e. The minimum atomic E-state index is -1.77. The van der Waals surface area contributed by atoms with Crippen LogP contribution in [0.4, 0.5) is 0 Å². The molecule has 0 aromatic heterocycles. The fourth-order valence-corrected chi connectivity index (χ4v) is 7.01. The Morgan fingerprint density at radius 3 is 1.89 bits per heavy atom. The average molecular weight is 832 g/mol. The smallest absolute Gasteiger partial charge is 0.249 e. The van der Waals surface area contributed by atoms with Gasteiger partial charge in [-0.2, -0.15) is 0 Å². The van der Waals surface area contributed by atoms with E-state index in [2.05, 4.69) is 15.6 Å². The molecule has 4 rings (SSSR count). The van der Waals surface area contributed by atoms with Crippen LogP contribution in [0.2, 0.25) is 0 Å². The Balaban J connectivity index is 1.57. The van der Waals surface area contributed by atoms with Gasteiger partial charge in [-0.05, 0) is 6.42 Å². The number of rotatable bonds is 18. The molecule has 1 saturated carbocycles. The second-order valence-electron chi connectivity index (χ2n) is 14.6. The Bertz CT molecular complexity index is 1280. The van der Waals surface area contributed by atoms with Crippen LogP contribution in [0.25, 0.3) is 0 Å². The van der Waals surface area contributed by atoms with Gasteiger partial charge in [0.1, 0.15) is 79.4 Å². The first kappa shape index (κ1) is 47.6. The summed E-state index contributed by atoms with van der Waals surface area (Å²) in [7, 11) is 0. The van der Waals surface area contributed by atoms with Gasteiger partial charge in [-0.25, -0.2) is 0 Å². The van der Waals surface area contributed by atoms with Crippen LogP contribution in [0.3, 0.4) is 0 Å². The number of carbonyl (C=O) groups excluding carboxylic acids is 1. The zero-order chi connectivity index (χ0) is 42.3. The minimum Gasteiger partial charge on any atom is -0.394 e. The van der Waals surface area contributed by atoms with Crippen molar-refractivity contribution in [2.75, 3.05) is 39.4 Å². The monoisotopic (exact) mass is 831 g/mol. The fourth-order valence-electron chi connectivity index (χ4n) is 7.01. The number of hydrogen-bond donors (Lipinski definition) is 18. The number of ether oxygens (including phenoxy) is 6. The third-order valence-electron chi connectivity index (χ3n) is 10.4. The number of carbonyl (C=O) groups is 1. The van der Waals surface area contributed by atoms with Crippen LogP contribution in [0.15, 0.2) is 4.99 Å². The molecule has 3 saturated heterocycles. The minimum absolute atomic E-state index is 0.0958. The molecule has 0 aromatic carbocycles. The van der Waals surface area contributed by atoms with Crippen molar-refractivity contribution < 1.29 is 84.3 Å². The van der Waals surface area contributed by atoms with Gasteiger partial charge >= 0.3 is 0 Å². The molecule has 3 heterocycles. The lowest BCUT2D eigenvalue weighted by molar-refractivity contribution is -0.308. The number of nitrogens with two attached hydrogens (primary N) is 6. The Kier molecular flexibility index (Phi) is 17.9. The molecular formula is C31H61N9O17. The zero-order valence-electron chi connectivity index (χ0n) is 31.0. The highest BCUT2D eigenvalue weighted by atomic mass is 16.8. The first-order valence-electron chi connectivity index (χ1n) is 18.6. The van der Waals surface area contributed by atoms with E-state index in [1.54, 1.807) is 0 Å². The number of guanidine groups is 1. The maximum Gasteiger partial charge on any atom is 0.249 e. The van der Waals surface area contributed by atoms with E-state index in [9.17, 15) is 50.8 Å². The number of nitrogens with one attached hydrogen (secondary N) is 2. The summed E-state index contributed by atoms with van der Waals surface area (Å²) in [5.41, 5.74) is 35.0. The van der Waals surface area contributed by atoms with E-state index in [-0.39, 0.29) is 45.0 Å². The molecule has 1 unspecified atom stereocenters. The lowest BCUT2D eigenvalue weighted by atomic mass is 9.83. The summed E-state index contributed by atoms with van der Waals surface area (Å²) in [5.74, 6) is -1.18. The van der Waals surface area contributed by atoms with E-state index in [1.165, 1.54) is 0 Å².